The van der Waals surface area contributed by atoms with Gasteiger partial charge in [-0.15, -0.1) is 0 Å². The van der Waals surface area contributed by atoms with Crippen LogP contribution in [0.1, 0.15) is 181 Å². The van der Waals surface area contributed by atoms with Gasteiger partial charge in [-0.05, 0) is 12.8 Å². The summed E-state index contributed by atoms with van der Waals surface area (Å²) in [5.41, 5.74) is 0. The average molecular weight is 707 g/mol. The summed E-state index contributed by atoms with van der Waals surface area (Å²) in [6, 6.07) is 0. The molecule has 0 spiro atoms. The summed E-state index contributed by atoms with van der Waals surface area (Å²) in [5.74, 6) is -0.793. The quantitative estimate of drug-likeness (QED) is 0.0297. The molecule has 0 rings (SSSR count). The van der Waals surface area contributed by atoms with Gasteiger partial charge in [-0.2, -0.15) is 0 Å². The van der Waals surface area contributed by atoms with E-state index in [0.29, 0.717) is 23.9 Å². The van der Waals surface area contributed by atoms with Crippen molar-refractivity contribution in [2.45, 2.75) is 187 Å². The summed E-state index contributed by atoms with van der Waals surface area (Å²) >= 11 is 0. The fourth-order valence-corrected chi connectivity index (χ4v) is 6.23. The Morgan fingerprint density at radius 2 is 0.938 bits per heavy atom. The highest BCUT2D eigenvalue weighted by Crippen LogP contribution is 2.43. The second-order valence-electron chi connectivity index (χ2n) is 14.7. The molecule has 286 valence electrons. The largest absolute Gasteiger partial charge is 0.472 e. The van der Waals surface area contributed by atoms with E-state index in [4.69, 9.17) is 18.5 Å². The maximum absolute atomic E-state index is 12.5. The molecule has 0 amide bonds. The third kappa shape index (κ3) is 34.9. The van der Waals surface area contributed by atoms with Crippen molar-refractivity contribution in [3.05, 3.63) is 0 Å². The van der Waals surface area contributed by atoms with Crippen molar-refractivity contribution in [1.82, 2.24) is 0 Å². The molecule has 1 N–H and O–H groups in total. The van der Waals surface area contributed by atoms with E-state index < -0.39 is 26.5 Å². The Kier molecular flexibility index (Phi) is 31.3. The SMILES string of the molecule is CCCCCCCCCCCCCCCCCCC(=O)OCC(COP(=O)(O)OCC[N+](C)(C)C)OC(=O)CCCCCCCCCC. The van der Waals surface area contributed by atoms with E-state index in [0.717, 1.165) is 32.1 Å². The molecule has 2 atom stereocenters. The van der Waals surface area contributed by atoms with Crippen LogP contribution in [0.4, 0.5) is 0 Å². The lowest BCUT2D eigenvalue weighted by Gasteiger charge is -2.24. The predicted molar refractivity (Wildman–Crippen MR) is 197 cm³/mol. The van der Waals surface area contributed by atoms with Gasteiger partial charge in [0.05, 0.1) is 27.7 Å². The summed E-state index contributed by atoms with van der Waals surface area (Å²) in [4.78, 5) is 35.1. The standard InChI is InChI=1S/C38H76NO8P/c1-6-8-10-12-14-16-17-18-19-20-21-22-23-25-26-28-30-37(40)44-34-36(35-46-48(42,43)45-33-32-39(3,4)5)47-38(41)31-29-27-24-15-13-11-9-7-2/h36H,6-35H2,1-5H3/p+1. The Labute approximate surface area is 295 Å². The van der Waals surface area contributed by atoms with Crippen LogP contribution in [0.25, 0.3) is 0 Å². The van der Waals surface area contributed by atoms with E-state index in [9.17, 15) is 19.0 Å². The molecule has 0 fully saturated rings. The number of carbonyl (C=O) groups excluding carboxylic acids is 2. The molecule has 0 bridgehead atoms. The molecule has 48 heavy (non-hydrogen) atoms. The Morgan fingerprint density at radius 1 is 0.562 bits per heavy atom. The molecule has 2 unspecified atom stereocenters. The predicted octanol–water partition coefficient (Wildman–Crippen LogP) is 10.5. The van der Waals surface area contributed by atoms with Gasteiger partial charge in [-0.1, -0.05) is 155 Å². The molecule has 0 saturated carbocycles. The molecule has 0 aromatic carbocycles. The van der Waals surface area contributed by atoms with Gasteiger partial charge in [0.25, 0.3) is 0 Å². The number of quaternary nitrogens is 1. The van der Waals surface area contributed by atoms with Gasteiger partial charge >= 0.3 is 19.8 Å². The van der Waals surface area contributed by atoms with Crippen LogP contribution in [0.2, 0.25) is 0 Å². The maximum atomic E-state index is 12.5. The minimum atomic E-state index is -4.35. The van der Waals surface area contributed by atoms with Gasteiger partial charge in [0.1, 0.15) is 19.8 Å². The van der Waals surface area contributed by atoms with Crippen molar-refractivity contribution in [1.29, 1.82) is 0 Å². The summed E-state index contributed by atoms with van der Waals surface area (Å²) in [6.07, 6.45) is 28.7. The molecule has 0 aliphatic heterocycles. The Bertz CT molecular complexity index is 804. The summed E-state index contributed by atoms with van der Waals surface area (Å²) in [7, 11) is 1.49. The van der Waals surface area contributed by atoms with E-state index in [1.54, 1.807) is 0 Å². The second-order valence-corrected chi connectivity index (χ2v) is 16.1. The number of likely N-dealkylation sites (N-methyl/N-ethyl adjacent to an activating group) is 1. The minimum absolute atomic E-state index is 0.0362. The number of hydrogen-bond acceptors (Lipinski definition) is 7. The van der Waals surface area contributed by atoms with Gasteiger partial charge < -0.3 is 18.9 Å². The molecular formula is C38H77NO8P+. The Balaban J connectivity index is 4.29. The molecule has 0 aliphatic carbocycles. The van der Waals surface area contributed by atoms with E-state index in [2.05, 4.69) is 13.8 Å². The van der Waals surface area contributed by atoms with E-state index in [1.165, 1.54) is 116 Å². The number of esters is 2. The number of ether oxygens (including phenoxy) is 2. The third-order valence-electron chi connectivity index (χ3n) is 8.64. The van der Waals surface area contributed by atoms with Crippen LogP contribution in [-0.4, -0.2) is 74.9 Å². The first-order valence-electron chi connectivity index (χ1n) is 19.8. The summed E-state index contributed by atoms with van der Waals surface area (Å²) in [5, 5.41) is 0. The number of phosphoric ester groups is 1. The lowest BCUT2D eigenvalue weighted by Crippen LogP contribution is -2.37. The molecule has 0 saturated heterocycles. The average Bonchev–Trinajstić information content (AvgIpc) is 3.02. The van der Waals surface area contributed by atoms with Crippen LogP contribution in [0.5, 0.6) is 0 Å². The summed E-state index contributed by atoms with van der Waals surface area (Å²) < 4.78 is 34.1. The Hall–Kier alpha value is -0.990. The molecule has 0 aromatic heterocycles. The lowest BCUT2D eigenvalue weighted by molar-refractivity contribution is -0.870. The summed E-state index contributed by atoms with van der Waals surface area (Å²) in [6.45, 7) is 4.40. The molecule has 0 aliphatic rings. The van der Waals surface area contributed by atoms with Crippen molar-refractivity contribution < 1.29 is 42.1 Å². The second kappa shape index (κ2) is 32.0. The van der Waals surface area contributed by atoms with Gasteiger partial charge in [0.2, 0.25) is 0 Å². The number of rotatable bonds is 36. The fourth-order valence-electron chi connectivity index (χ4n) is 5.48. The van der Waals surface area contributed by atoms with Crippen LogP contribution in [0.15, 0.2) is 0 Å². The molecule has 0 radical (unpaired) electrons. The topological polar surface area (TPSA) is 108 Å². The van der Waals surface area contributed by atoms with Crippen LogP contribution in [-0.2, 0) is 32.7 Å². The van der Waals surface area contributed by atoms with Crippen molar-refractivity contribution in [3.8, 4) is 0 Å². The van der Waals surface area contributed by atoms with Gasteiger partial charge in [0, 0.05) is 12.8 Å². The number of nitrogens with zero attached hydrogens (tertiary/aromatic N) is 1. The van der Waals surface area contributed by atoms with E-state index in [1.807, 2.05) is 21.1 Å². The Morgan fingerprint density at radius 3 is 1.33 bits per heavy atom. The van der Waals surface area contributed by atoms with Gasteiger partial charge in [-0.25, -0.2) is 4.57 Å². The zero-order chi connectivity index (χ0) is 35.8. The fraction of sp³-hybridized carbons (Fsp3) is 0.947. The van der Waals surface area contributed by atoms with Crippen LogP contribution in [0.3, 0.4) is 0 Å². The highest BCUT2D eigenvalue weighted by molar-refractivity contribution is 7.47. The maximum Gasteiger partial charge on any atom is 0.472 e. The van der Waals surface area contributed by atoms with Crippen molar-refractivity contribution in [2.75, 3.05) is 47.5 Å². The van der Waals surface area contributed by atoms with E-state index >= 15 is 0 Å². The number of hydrogen-bond donors (Lipinski definition) is 1. The van der Waals surface area contributed by atoms with Gasteiger partial charge in [-0.3, -0.25) is 18.6 Å². The monoisotopic (exact) mass is 707 g/mol. The molecular weight excluding hydrogens is 629 g/mol. The zero-order valence-corrected chi connectivity index (χ0v) is 32.9. The van der Waals surface area contributed by atoms with Crippen LogP contribution in [0, 0.1) is 0 Å². The molecule has 0 aromatic rings. The first-order valence-corrected chi connectivity index (χ1v) is 21.3. The number of carbonyl (C=O) groups is 2. The van der Waals surface area contributed by atoms with Crippen LogP contribution >= 0.6 is 7.82 Å². The minimum Gasteiger partial charge on any atom is -0.462 e. The highest BCUT2D eigenvalue weighted by Gasteiger charge is 2.27. The zero-order valence-electron chi connectivity index (χ0n) is 32.0. The third-order valence-corrected chi connectivity index (χ3v) is 9.62. The molecule has 10 heteroatoms. The smallest absolute Gasteiger partial charge is 0.462 e. The lowest BCUT2D eigenvalue weighted by atomic mass is 10.0. The molecule has 9 nitrogen and oxygen atoms in total. The van der Waals surface area contributed by atoms with Crippen molar-refractivity contribution >= 4 is 19.8 Å². The van der Waals surface area contributed by atoms with Crippen molar-refractivity contribution in [2.24, 2.45) is 0 Å². The van der Waals surface area contributed by atoms with Crippen molar-refractivity contribution in [3.63, 3.8) is 0 Å². The first kappa shape index (κ1) is 47.0. The first-order chi connectivity index (χ1) is 23.0. The number of unbranched alkanes of at least 4 members (excludes halogenated alkanes) is 22. The highest BCUT2D eigenvalue weighted by atomic mass is 31.2. The van der Waals surface area contributed by atoms with E-state index in [-0.39, 0.29) is 25.6 Å². The normalized spacial score (nSPS) is 13.7. The number of phosphoric acid groups is 1. The molecule has 0 heterocycles. The van der Waals surface area contributed by atoms with Gasteiger partial charge in [0.15, 0.2) is 6.10 Å². The van der Waals surface area contributed by atoms with Crippen LogP contribution < -0.4 is 0 Å².